The topological polar surface area (TPSA) is 37.0 Å². The van der Waals surface area contributed by atoms with E-state index >= 15 is 0 Å². The van der Waals surface area contributed by atoms with Crippen LogP contribution in [0, 0.1) is 0 Å². The van der Waals surface area contributed by atoms with Gasteiger partial charge >= 0.3 is 0 Å². The average molecular weight is 339 g/mol. The van der Waals surface area contributed by atoms with Crippen LogP contribution in [0.15, 0.2) is 60.0 Å². The molecule has 0 unspecified atom stereocenters. The summed E-state index contributed by atoms with van der Waals surface area (Å²) >= 11 is 6.85. The molecule has 1 aromatic heterocycles. The van der Waals surface area contributed by atoms with Gasteiger partial charge in [0.15, 0.2) is 5.11 Å². The first-order valence-corrected chi connectivity index (χ1v) is 8.71. The Morgan fingerprint density at radius 3 is 2.48 bits per heavy atom. The minimum absolute atomic E-state index is 0.639. The number of aromatic nitrogens is 1. The van der Waals surface area contributed by atoms with Gasteiger partial charge in [0.05, 0.1) is 5.69 Å². The highest BCUT2D eigenvalue weighted by atomic mass is 32.1. The van der Waals surface area contributed by atoms with Crippen molar-refractivity contribution in [2.75, 3.05) is 11.9 Å². The van der Waals surface area contributed by atoms with E-state index in [-0.39, 0.29) is 0 Å². The van der Waals surface area contributed by atoms with Gasteiger partial charge in [-0.25, -0.2) is 4.98 Å². The fourth-order valence-corrected chi connectivity index (χ4v) is 3.28. The number of hydrogen-bond acceptors (Lipinski definition) is 3. The molecule has 0 fully saturated rings. The van der Waals surface area contributed by atoms with E-state index < -0.39 is 0 Å². The highest BCUT2D eigenvalue weighted by molar-refractivity contribution is 7.80. The number of nitrogens with zero attached hydrogens (tertiary/aromatic N) is 1. The molecule has 0 amide bonds. The van der Waals surface area contributed by atoms with Crippen molar-refractivity contribution in [3.05, 3.63) is 60.0 Å². The van der Waals surface area contributed by atoms with Gasteiger partial charge < -0.3 is 10.6 Å². The molecule has 23 heavy (non-hydrogen) atoms. The van der Waals surface area contributed by atoms with Crippen LogP contribution in [0.5, 0.6) is 0 Å². The highest BCUT2D eigenvalue weighted by Crippen LogP contribution is 2.29. The van der Waals surface area contributed by atoms with Crippen molar-refractivity contribution >= 4 is 34.4 Å². The molecular formula is C18H17N3S2. The number of anilines is 1. The summed E-state index contributed by atoms with van der Waals surface area (Å²) in [6.45, 7) is 2.83. The third-order valence-corrected chi connectivity index (χ3v) is 4.44. The summed E-state index contributed by atoms with van der Waals surface area (Å²) in [5.74, 6) is 0. The molecule has 0 atom stereocenters. The molecule has 0 bridgehead atoms. The van der Waals surface area contributed by atoms with Gasteiger partial charge in [-0.2, -0.15) is 0 Å². The third-order valence-electron chi connectivity index (χ3n) is 3.30. The van der Waals surface area contributed by atoms with Crippen molar-refractivity contribution < 1.29 is 0 Å². The smallest absolute Gasteiger partial charge is 0.170 e. The van der Waals surface area contributed by atoms with Crippen LogP contribution in [0.3, 0.4) is 0 Å². The molecule has 1 heterocycles. The van der Waals surface area contributed by atoms with Gasteiger partial charge in [0.2, 0.25) is 0 Å². The van der Waals surface area contributed by atoms with Crippen molar-refractivity contribution in [2.45, 2.75) is 6.92 Å². The molecule has 3 rings (SSSR count). The lowest BCUT2D eigenvalue weighted by molar-refractivity contribution is 0.979. The van der Waals surface area contributed by atoms with Gasteiger partial charge in [-0.05, 0) is 31.3 Å². The monoisotopic (exact) mass is 339 g/mol. The van der Waals surface area contributed by atoms with E-state index in [0.29, 0.717) is 5.11 Å². The number of thiazole rings is 1. The number of nitrogens with one attached hydrogen (secondary N) is 2. The second-order valence-electron chi connectivity index (χ2n) is 4.97. The first kappa shape index (κ1) is 15.6. The van der Waals surface area contributed by atoms with Gasteiger partial charge in [0.1, 0.15) is 5.01 Å². The zero-order valence-electron chi connectivity index (χ0n) is 12.7. The van der Waals surface area contributed by atoms with Crippen LogP contribution in [-0.4, -0.2) is 16.6 Å². The molecule has 0 aliphatic rings. The predicted molar refractivity (Wildman–Crippen MR) is 103 cm³/mol. The Balaban J connectivity index is 1.75. The minimum Gasteiger partial charge on any atom is -0.363 e. The summed E-state index contributed by atoms with van der Waals surface area (Å²) in [5, 5.41) is 10.00. The number of thiocarbonyl (C=S) groups is 1. The molecular weight excluding hydrogens is 322 g/mol. The number of benzene rings is 2. The van der Waals surface area contributed by atoms with Crippen molar-refractivity contribution in [3.8, 4) is 21.8 Å². The van der Waals surface area contributed by atoms with Gasteiger partial charge in [-0.15, -0.1) is 11.3 Å². The van der Waals surface area contributed by atoms with Crippen molar-refractivity contribution in [1.82, 2.24) is 10.3 Å². The van der Waals surface area contributed by atoms with Crippen LogP contribution in [0.1, 0.15) is 6.92 Å². The molecule has 0 aliphatic carbocycles. The third kappa shape index (κ3) is 3.94. The Hall–Kier alpha value is -2.24. The van der Waals surface area contributed by atoms with E-state index in [4.69, 9.17) is 17.2 Å². The maximum Gasteiger partial charge on any atom is 0.170 e. The summed E-state index contributed by atoms with van der Waals surface area (Å²) in [4.78, 5) is 4.73. The lowest BCUT2D eigenvalue weighted by Gasteiger charge is -2.08. The molecule has 0 radical (unpaired) electrons. The van der Waals surface area contributed by atoms with Gasteiger partial charge in [-0.3, -0.25) is 0 Å². The summed E-state index contributed by atoms with van der Waals surface area (Å²) in [6, 6.07) is 18.4. The first-order valence-electron chi connectivity index (χ1n) is 7.42. The van der Waals surface area contributed by atoms with Crippen molar-refractivity contribution in [1.29, 1.82) is 0 Å². The largest absolute Gasteiger partial charge is 0.363 e. The normalized spacial score (nSPS) is 10.3. The highest BCUT2D eigenvalue weighted by Gasteiger charge is 2.06. The lowest BCUT2D eigenvalue weighted by atomic mass is 10.1. The van der Waals surface area contributed by atoms with Crippen LogP contribution in [0.2, 0.25) is 0 Å². The number of rotatable bonds is 4. The molecule has 0 saturated heterocycles. The second kappa shape index (κ2) is 7.35. The van der Waals surface area contributed by atoms with Crippen LogP contribution < -0.4 is 10.6 Å². The molecule has 5 heteroatoms. The molecule has 0 aliphatic heterocycles. The second-order valence-corrected chi connectivity index (χ2v) is 6.23. The van der Waals surface area contributed by atoms with E-state index in [1.165, 1.54) is 0 Å². The van der Waals surface area contributed by atoms with Crippen LogP contribution >= 0.6 is 23.6 Å². The molecule has 3 nitrogen and oxygen atoms in total. The minimum atomic E-state index is 0.639. The van der Waals surface area contributed by atoms with Gasteiger partial charge in [0.25, 0.3) is 0 Å². The molecule has 116 valence electrons. The first-order chi connectivity index (χ1) is 11.3. The predicted octanol–water partition coefficient (Wildman–Crippen LogP) is 4.78. The maximum atomic E-state index is 5.19. The summed E-state index contributed by atoms with van der Waals surface area (Å²) in [6.07, 6.45) is 0. The molecule has 2 N–H and O–H groups in total. The molecule has 0 saturated carbocycles. The van der Waals surface area contributed by atoms with Crippen LogP contribution in [0.4, 0.5) is 5.69 Å². The van der Waals surface area contributed by atoms with Crippen molar-refractivity contribution in [2.24, 2.45) is 0 Å². The Bertz CT molecular complexity index is 780. The Morgan fingerprint density at radius 1 is 1.04 bits per heavy atom. The number of hydrogen-bond donors (Lipinski definition) is 2. The molecule has 0 spiro atoms. The van der Waals surface area contributed by atoms with Crippen LogP contribution in [-0.2, 0) is 0 Å². The summed E-state index contributed by atoms with van der Waals surface area (Å²) in [5.41, 5.74) is 4.22. The van der Waals surface area contributed by atoms with Gasteiger partial charge in [0, 0.05) is 28.7 Å². The van der Waals surface area contributed by atoms with E-state index in [2.05, 4.69) is 40.3 Å². The molecule has 2 aromatic carbocycles. The quantitative estimate of drug-likeness (QED) is 0.671. The Kier molecular flexibility index (Phi) is 5.00. The fraction of sp³-hybridized carbons (Fsp3) is 0.111. The summed E-state index contributed by atoms with van der Waals surface area (Å²) in [7, 11) is 0. The maximum absolute atomic E-state index is 5.19. The lowest BCUT2D eigenvalue weighted by Crippen LogP contribution is -2.27. The SMILES string of the molecule is CCNC(=S)Nc1ccc(-c2csc(-c3ccccc3)n2)cc1. The van der Waals surface area contributed by atoms with E-state index in [1.807, 2.05) is 37.3 Å². The van der Waals surface area contributed by atoms with E-state index in [1.54, 1.807) is 11.3 Å². The van der Waals surface area contributed by atoms with E-state index in [9.17, 15) is 0 Å². The zero-order chi connectivity index (χ0) is 16.1. The molecule has 3 aromatic rings. The Labute approximate surface area is 145 Å². The van der Waals surface area contributed by atoms with Crippen LogP contribution in [0.25, 0.3) is 21.8 Å². The fourth-order valence-electron chi connectivity index (χ4n) is 2.18. The Morgan fingerprint density at radius 2 is 1.78 bits per heavy atom. The average Bonchev–Trinajstić information content (AvgIpc) is 3.07. The summed E-state index contributed by atoms with van der Waals surface area (Å²) < 4.78 is 0. The van der Waals surface area contributed by atoms with Gasteiger partial charge in [-0.1, -0.05) is 42.5 Å². The van der Waals surface area contributed by atoms with E-state index in [0.717, 1.165) is 34.1 Å². The zero-order valence-corrected chi connectivity index (χ0v) is 14.4. The standard InChI is InChI=1S/C18H17N3S2/c1-2-19-18(22)20-15-10-8-13(9-11-15)16-12-23-17(21-16)14-6-4-3-5-7-14/h3-12H,2H2,1H3,(H2,19,20,22). The van der Waals surface area contributed by atoms with Crippen molar-refractivity contribution in [3.63, 3.8) is 0 Å².